The monoisotopic (exact) mass is 227 g/mol. The Labute approximate surface area is 96.4 Å². The van der Waals surface area contributed by atoms with Crippen LogP contribution in [-0.4, -0.2) is 23.0 Å². The first-order valence-electron chi connectivity index (χ1n) is 6.01. The number of carbonyl (C=O) groups is 2. The first kappa shape index (κ1) is 13.0. The van der Waals surface area contributed by atoms with Gasteiger partial charge in [-0.25, -0.2) is 0 Å². The molecule has 1 fully saturated rings. The molecule has 4 heteroatoms. The SMILES string of the molecule is CC1CCCC(C(=O)NC(C)CC(=O)O)C1. The Morgan fingerprint density at radius 1 is 1.44 bits per heavy atom. The van der Waals surface area contributed by atoms with E-state index < -0.39 is 5.97 Å². The van der Waals surface area contributed by atoms with Crippen molar-refractivity contribution in [3.05, 3.63) is 0 Å². The van der Waals surface area contributed by atoms with Gasteiger partial charge in [-0.1, -0.05) is 19.8 Å². The molecule has 0 bridgehead atoms. The Morgan fingerprint density at radius 3 is 2.69 bits per heavy atom. The number of hydrogen-bond acceptors (Lipinski definition) is 2. The van der Waals surface area contributed by atoms with Crippen molar-refractivity contribution in [2.24, 2.45) is 11.8 Å². The molecule has 0 aromatic rings. The van der Waals surface area contributed by atoms with E-state index in [4.69, 9.17) is 5.11 Å². The van der Waals surface area contributed by atoms with Gasteiger partial charge < -0.3 is 10.4 Å². The van der Waals surface area contributed by atoms with E-state index in [1.165, 1.54) is 6.42 Å². The number of hydrogen-bond donors (Lipinski definition) is 2. The van der Waals surface area contributed by atoms with Crippen LogP contribution in [0.1, 0.15) is 46.0 Å². The molecule has 1 saturated carbocycles. The zero-order valence-corrected chi connectivity index (χ0v) is 10.0. The molecule has 0 aromatic heterocycles. The first-order valence-corrected chi connectivity index (χ1v) is 6.01. The summed E-state index contributed by atoms with van der Waals surface area (Å²) in [6, 6.07) is -0.276. The van der Waals surface area contributed by atoms with Crippen LogP contribution >= 0.6 is 0 Å². The normalized spacial score (nSPS) is 27.1. The second-order valence-electron chi connectivity index (χ2n) is 4.98. The van der Waals surface area contributed by atoms with Gasteiger partial charge in [0.05, 0.1) is 6.42 Å². The average molecular weight is 227 g/mol. The van der Waals surface area contributed by atoms with E-state index >= 15 is 0 Å². The van der Waals surface area contributed by atoms with Gasteiger partial charge >= 0.3 is 5.97 Å². The lowest BCUT2D eigenvalue weighted by Crippen LogP contribution is -2.39. The van der Waals surface area contributed by atoms with Crippen molar-refractivity contribution in [3.8, 4) is 0 Å². The van der Waals surface area contributed by atoms with Crippen LogP contribution in [0.4, 0.5) is 0 Å². The average Bonchev–Trinajstić information content (AvgIpc) is 2.16. The predicted octanol–water partition coefficient (Wildman–Crippen LogP) is 1.79. The van der Waals surface area contributed by atoms with Crippen molar-refractivity contribution in [2.75, 3.05) is 0 Å². The Morgan fingerprint density at radius 2 is 2.12 bits per heavy atom. The first-order chi connectivity index (χ1) is 7.49. The van der Waals surface area contributed by atoms with Gasteiger partial charge in [-0.05, 0) is 25.7 Å². The van der Waals surface area contributed by atoms with Crippen molar-refractivity contribution in [3.63, 3.8) is 0 Å². The smallest absolute Gasteiger partial charge is 0.305 e. The fraction of sp³-hybridized carbons (Fsp3) is 0.833. The molecule has 0 heterocycles. The second kappa shape index (κ2) is 5.87. The highest BCUT2D eigenvalue weighted by Crippen LogP contribution is 2.28. The summed E-state index contributed by atoms with van der Waals surface area (Å²) in [6.07, 6.45) is 4.18. The van der Waals surface area contributed by atoms with Crippen LogP contribution in [0.15, 0.2) is 0 Å². The molecule has 3 unspecified atom stereocenters. The third-order valence-corrected chi connectivity index (χ3v) is 3.18. The zero-order valence-electron chi connectivity index (χ0n) is 10.0. The molecule has 3 atom stereocenters. The molecule has 92 valence electrons. The van der Waals surface area contributed by atoms with E-state index in [9.17, 15) is 9.59 Å². The fourth-order valence-corrected chi connectivity index (χ4v) is 2.35. The van der Waals surface area contributed by atoms with Gasteiger partial charge in [-0.3, -0.25) is 9.59 Å². The van der Waals surface area contributed by atoms with Gasteiger partial charge in [0.2, 0.25) is 5.91 Å². The summed E-state index contributed by atoms with van der Waals surface area (Å²) in [6.45, 7) is 3.90. The van der Waals surface area contributed by atoms with E-state index in [2.05, 4.69) is 12.2 Å². The van der Waals surface area contributed by atoms with E-state index in [-0.39, 0.29) is 24.3 Å². The molecular weight excluding hydrogens is 206 g/mol. The van der Waals surface area contributed by atoms with Gasteiger partial charge in [-0.2, -0.15) is 0 Å². The Balaban J connectivity index is 2.36. The number of nitrogens with one attached hydrogen (secondary N) is 1. The minimum Gasteiger partial charge on any atom is -0.481 e. The van der Waals surface area contributed by atoms with Crippen molar-refractivity contribution >= 4 is 11.9 Å². The quantitative estimate of drug-likeness (QED) is 0.769. The largest absolute Gasteiger partial charge is 0.481 e. The maximum Gasteiger partial charge on any atom is 0.305 e. The predicted molar refractivity (Wildman–Crippen MR) is 61.0 cm³/mol. The van der Waals surface area contributed by atoms with Crippen LogP contribution < -0.4 is 5.32 Å². The van der Waals surface area contributed by atoms with Crippen LogP contribution in [0.25, 0.3) is 0 Å². The molecule has 1 rings (SSSR count). The van der Waals surface area contributed by atoms with Gasteiger partial charge in [0, 0.05) is 12.0 Å². The second-order valence-corrected chi connectivity index (χ2v) is 4.98. The molecule has 0 aromatic carbocycles. The summed E-state index contributed by atoms with van der Waals surface area (Å²) in [4.78, 5) is 22.3. The summed E-state index contributed by atoms with van der Waals surface area (Å²) in [5.41, 5.74) is 0. The Bertz CT molecular complexity index is 265. The van der Waals surface area contributed by atoms with E-state index in [1.807, 2.05) is 0 Å². The van der Waals surface area contributed by atoms with Crippen LogP contribution in [-0.2, 0) is 9.59 Å². The molecule has 1 aliphatic rings. The topological polar surface area (TPSA) is 66.4 Å². The molecular formula is C12H21NO3. The van der Waals surface area contributed by atoms with Crippen LogP contribution in [0.5, 0.6) is 0 Å². The maximum atomic E-state index is 11.8. The van der Waals surface area contributed by atoms with Crippen LogP contribution in [0.2, 0.25) is 0 Å². The highest BCUT2D eigenvalue weighted by molar-refractivity contribution is 5.79. The van der Waals surface area contributed by atoms with Crippen molar-refractivity contribution in [2.45, 2.75) is 52.0 Å². The lowest BCUT2D eigenvalue weighted by Gasteiger charge is -2.26. The zero-order chi connectivity index (χ0) is 12.1. The van der Waals surface area contributed by atoms with Gasteiger partial charge in [0.1, 0.15) is 0 Å². The van der Waals surface area contributed by atoms with Crippen molar-refractivity contribution < 1.29 is 14.7 Å². The number of carboxylic acid groups (broad SMARTS) is 1. The van der Waals surface area contributed by atoms with E-state index in [0.29, 0.717) is 5.92 Å². The third kappa shape index (κ3) is 4.21. The molecule has 0 saturated heterocycles. The maximum absolute atomic E-state index is 11.8. The molecule has 1 aliphatic carbocycles. The van der Waals surface area contributed by atoms with Gasteiger partial charge in [0.15, 0.2) is 0 Å². The highest BCUT2D eigenvalue weighted by Gasteiger charge is 2.25. The van der Waals surface area contributed by atoms with Crippen LogP contribution in [0.3, 0.4) is 0 Å². The standard InChI is InChI=1S/C12H21NO3/c1-8-4-3-5-10(6-8)12(16)13-9(2)7-11(14)15/h8-10H,3-7H2,1-2H3,(H,13,16)(H,14,15). The Hall–Kier alpha value is -1.06. The van der Waals surface area contributed by atoms with E-state index in [0.717, 1.165) is 19.3 Å². The van der Waals surface area contributed by atoms with Crippen LogP contribution in [0, 0.1) is 11.8 Å². The molecule has 0 radical (unpaired) electrons. The summed E-state index contributed by atoms with van der Waals surface area (Å²) in [7, 11) is 0. The number of aliphatic carboxylic acids is 1. The van der Waals surface area contributed by atoms with Crippen molar-refractivity contribution in [1.29, 1.82) is 0 Å². The lowest BCUT2D eigenvalue weighted by atomic mass is 9.82. The van der Waals surface area contributed by atoms with Gasteiger partial charge in [-0.15, -0.1) is 0 Å². The van der Waals surface area contributed by atoms with Crippen molar-refractivity contribution in [1.82, 2.24) is 5.32 Å². The molecule has 1 amide bonds. The van der Waals surface area contributed by atoms with Gasteiger partial charge in [0.25, 0.3) is 0 Å². The number of rotatable bonds is 4. The number of carbonyl (C=O) groups excluding carboxylic acids is 1. The Kier molecular flexibility index (Phi) is 4.77. The minimum atomic E-state index is -0.871. The molecule has 0 aliphatic heterocycles. The number of amides is 1. The molecule has 2 N–H and O–H groups in total. The fourth-order valence-electron chi connectivity index (χ4n) is 2.35. The molecule has 4 nitrogen and oxygen atoms in total. The molecule has 16 heavy (non-hydrogen) atoms. The molecule has 0 spiro atoms. The third-order valence-electron chi connectivity index (χ3n) is 3.18. The summed E-state index contributed by atoms with van der Waals surface area (Å²) in [5, 5.41) is 11.4. The van der Waals surface area contributed by atoms with E-state index in [1.54, 1.807) is 6.92 Å². The summed E-state index contributed by atoms with van der Waals surface area (Å²) < 4.78 is 0. The summed E-state index contributed by atoms with van der Waals surface area (Å²) in [5.74, 6) is -0.149. The lowest BCUT2D eigenvalue weighted by molar-refractivity contribution is -0.137. The number of carboxylic acids is 1. The minimum absolute atomic E-state index is 0.00594. The highest BCUT2D eigenvalue weighted by atomic mass is 16.4. The summed E-state index contributed by atoms with van der Waals surface area (Å²) >= 11 is 0.